The second kappa shape index (κ2) is 8.23. The fourth-order valence-electron chi connectivity index (χ4n) is 3.36. The number of fused-ring (bicyclic) bond motifs is 3. The fraction of sp³-hybridized carbons (Fsp3) is 0.400. The van der Waals surface area contributed by atoms with Crippen LogP contribution < -0.4 is 10.3 Å². The highest BCUT2D eigenvalue weighted by Gasteiger charge is 2.21. The normalized spacial score (nSPS) is 14.8. The number of aryl methyl sites for hydroxylation is 2. The molecule has 0 amide bonds. The van der Waals surface area contributed by atoms with Gasteiger partial charge in [-0.25, -0.2) is 9.37 Å². The molecule has 0 spiro atoms. The maximum Gasteiger partial charge on any atom is 0.262 e. The van der Waals surface area contributed by atoms with E-state index in [1.165, 1.54) is 34.3 Å². The van der Waals surface area contributed by atoms with Gasteiger partial charge in [0, 0.05) is 17.7 Å². The molecule has 2 heterocycles. The van der Waals surface area contributed by atoms with E-state index in [0.717, 1.165) is 35.9 Å². The molecular formula is C20H21FN2O3S2. The van der Waals surface area contributed by atoms with Crippen LogP contribution in [-0.2, 0) is 19.9 Å². The van der Waals surface area contributed by atoms with Crippen LogP contribution in [-0.4, -0.2) is 33.1 Å². The van der Waals surface area contributed by atoms with E-state index in [1.807, 2.05) is 0 Å². The molecule has 0 aliphatic heterocycles. The fourth-order valence-corrected chi connectivity index (χ4v) is 5.54. The molecule has 0 saturated heterocycles. The first kappa shape index (κ1) is 19.4. The molecule has 0 unspecified atom stereocenters. The lowest BCUT2D eigenvalue weighted by molar-refractivity contribution is 0.123. The second-order valence-corrected chi connectivity index (χ2v) is 8.93. The molecule has 5 nitrogen and oxygen atoms in total. The SMILES string of the molecule is Cn1c(SC[C@@H](O)COc2ccccc2F)nc2sc3c(c2c1=O)CCCC3. The topological polar surface area (TPSA) is 64.3 Å². The molecule has 28 heavy (non-hydrogen) atoms. The molecule has 0 saturated carbocycles. The Morgan fingerprint density at radius 3 is 2.96 bits per heavy atom. The summed E-state index contributed by atoms with van der Waals surface area (Å²) in [4.78, 5) is 19.6. The van der Waals surface area contributed by atoms with Gasteiger partial charge >= 0.3 is 0 Å². The summed E-state index contributed by atoms with van der Waals surface area (Å²) in [7, 11) is 1.71. The Morgan fingerprint density at radius 2 is 2.14 bits per heavy atom. The predicted octanol–water partition coefficient (Wildman–Crippen LogP) is 3.54. The van der Waals surface area contributed by atoms with Crippen LogP contribution in [0.3, 0.4) is 0 Å². The Kier molecular flexibility index (Phi) is 5.70. The van der Waals surface area contributed by atoms with E-state index >= 15 is 0 Å². The zero-order valence-electron chi connectivity index (χ0n) is 15.5. The van der Waals surface area contributed by atoms with E-state index in [9.17, 15) is 14.3 Å². The summed E-state index contributed by atoms with van der Waals surface area (Å²) in [6, 6.07) is 6.09. The number of halogens is 1. The van der Waals surface area contributed by atoms with Crippen LogP contribution in [0.2, 0.25) is 0 Å². The van der Waals surface area contributed by atoms with Gasteiger partial charge in [-0.3, -0.25) is 9.36 Å². The number of aliphatic hydroxyl groups excluding tert-OH is 1. The maximum absolute atomic E-state index is 13.6. The zero-order chi connectivity index (χ0) is 19.7. The molecule has 1 aliphatic rings. The maximum atomic E-state index is 13.6. The molecule has 8 heteroatoms. The molecule has 1 aliphatic carbocycles. The van der Waals surface area contributed by atoms with Gasteiger partial charge in [-0.05, 0) is 43.4 Å². The molecule has 0 bridgehead atoms. The summed E-state index contributed by atoms with van der Waals surface area (Å²) in [5.74, 6) is -0.0492. The molecule has 4 rings (SSSR count). The average Bonchev–Trinajstić information content (AvgIpc) is 3.07. The van der Waals surface area contributed by atoms with Crippen molar-refractivity contribution in [3.05, 3.63) is 50.9 Å². The highest BCUT2D eigenvalue weighted by atomic mass is 32.2. The van der Waals surface area contributed by atoms with Crippen molar-refractivity contribution in [2.45, 2.75) is 36.9 Å². The lowest BCUT2D eigenvalue weighted by Crippen LogP contribution is -2.23. The van der Waals surface area contributed by atoms with E-state index in [4.69, 9.17) is 4.74 Å². The molecule has 2 aromatic heterocycles. The van der Waals surface area contributed by atoms with Crippen molar-refractivity contribution in [3.63, 3.8) is 0 Å². The van der Waals surface area contributed by atoms with Gasteiger partial charge in [0.25, 0.3) is 5.56 Å². The van der Waals surface area contributed by atoms with Gasteiger partial charge in [-0.2, -0.15) is 0 Å². The number of benzene rings is 1. The van der Waals surface area contributed by atoms with Crippen molar-refractivity contribution in [1.82, 2.24) is 9.55 Å². The number of aliphatic hydroxyl groups is 1. The monoisotopic (exact) mass is 420 g/mol. The summed E-state index contributed by atoms with van der Waals surface area (Å²) in [5.41, 5.74) is 1.15. The van der Waals surface area contributed by atoms with Crippen molar-refractivity contribution < 1.29 is 14.2 Å². The number of nitrogens with zero attached hydrogens (tertiary/aromatic N) is 2. The van der Waals surface area contributed by atoms with Crippen LogP contribution in [0.25, 0.3) is 10.2 Å². The standard InChI is InChI=1S/C20H21FN2O3S2/c1-23-19(25)17-13-6-2-5-9-16(13)28-18(17)22-20(23)27-11-12(24)10-26-15-8-4-3-7-14(15)21/h3-4,7-8,12,24H,2,5-6,9-11H2,1H3/t12-/m0/s1. The molecule has 148 valence electrons. The van der Waals surface area contributed by atoms with Crippen molar-refractivity contribution in [1.29, 1.82) is 0 Å². The molecule has 1 N–H and O–H groups in total. The average molecular weight is 421 g/mol. The van der Waals surface area contributed by atoms with Gasteiger partial charge < -0.3 is 9.84 Å². The lowest BCUT2D eigenvalue weighted by atomic mass is 9.97. The molecule has 0 radical (unpaired) electrons. The number of para-hydroxylation sites is 1. The summed E-state index contributed by atoms with van der Waals surface area (Å²) < 4.78 is 20.5. The van der Waals surface area contributed by atoms with Gasteiger partial charge in [-0.1, -0.05) is 23.9 Å². The van der Waals surface area contributed by atoms with Gasteiger partial charge in [0.1, 0.15) is 11.4 Å². The molecule has 1 atom stereocenters. The number of aromatic nitrogens is 2. The van der Waals surface area contributed by atoms with Crippen LogP contribution in [0.15, 0.2) is 34.2 Å². The zero-order valence-corrected chi connectivity index (χ0v) is 17.1. The Balaban J connectivity index is 1.46. The smallest absolute Gasteiger partial charge is 0.262 e. The minimum atomic E-state index is -0.811. The third kappa shape index (κ3) is 3.81. The van der Waals surface area contributed by atoms with Crippen molar-refractivity contribution in [2.24, 2.45) is 7.05 Å². The Morgan fingerprint density at radius 1 is 1.36 bits per heavy atom. The highest BCUT2D eigenvalue weighted by Crippen LogP contribution is 2.34. The summed E-state index contributed by atoms with van der Waals surface area (Å²) in [5, 5.41) is 11.5. The predicted molar refractivity (Wildman–Crippen MR) is 110 cm³/mol. The summed E-state index contributed by atoms with van der Waals surface area (Å²) in [6.07, 6.45) is 3.44. The number of ether oxygens (including phenoxy) is 1. The Labute approximate surface area is 170 Å². The van der Waals surface area contributed by atoms with Crippen molar-refractivity contribution >= 4 is 33.3 Å². The Bertz CT molecular complexity index is 1060. The molecule has 3 aromatic rings. The van der Waals surface area contributed by atoms with Gasteiger partial charge in [0.05, 0.1) is 11.5 Å². The quantitative estimate of drug-likeness (QED) is 0.488. The van der Waals surface area contributed by atoms with Gasteiger partial charge in [-0.15, -0.1) is 11.3 Å². The van der Waals surface area contributed by atoms with E-state index in [0.29, 0.717) is 10.9 Å². The number of hydrogen-bond acceptors (Lipinski definition) is 6. The summed E-state index contributed by atoms with van der Waals surface area (Å²) >= 11 is 2.92. The first-order chi connectivity index (χ1) is 13.5. The van der Waals surface area contributed by atoms with Crippen LogP contribution in [0, 0.1) is 5.82 Å². The first-order valence-electron chi connectivity index (χ1n) is 9.24. The Hall–Kier alpha value is -1.90. The van der Waals surface area contributed by atoms with E-state index in [2.05, 4.69) is 4.98 Å². The van der Waals surface area contributed by atoms with Crippen LogP contribution in [0.5, 0.6) is 5.75 Å². The largest absolute Gasteiger partial charge is 0.488 e. The number of thiophene rings is 1. The molecular weight excluding hydrogens is 399 g/mol. The van der Waals surface area contributed by atoms with E-state index < -0.39 is 11.9 Å². The first-order valence-corrected chi connectivity index (χ1v) is 11.0. The number of hydrogen-bond donors (Lipinski definition) is 1. The van der Waals surface area contributed by atoms with E-state index in [1.54, 1.807) is 35.1 Å². The molecule has 0 fully saturated rings. The minimum Gasteiger partial charge on any atom is -0.488 e. The third-order valence-corrected chi connectivity index (χ3v) is 7.19. The summed E-state index contributed by atoms with van der Waals surface area (Å²) in [6.45, 7) is -0.0303. The van der Waals surface area contributed by atoms with Crippen molar-refractivity contribution in [2.75, 3.05) is 12.4 Å². The number of rotatable bonds is 6. The van der Waals surface area contributed by atoms with Gasteiger partial charge in [0.2, 0.25) is 0 Å². The van der Waals surface area contributed by atoms with Crippen LogP contribution in [0.4, 0.5) is 4.39 Å². The second-order valence-electron chi connectivity index (χ2n) is 6.86. The third-order valence-electron chi connectivity index (χ3n) is 4.83. The van der Waals surface area contributed by atoms with Crippen molar-refractivity contribution in [3.8, 4) is 5.75 Å². The van der Waals surface area contributed by atoms with Crippen LogP contribution in [0.1, 0.15) is 23.3 Å². The van der Waals surface area contributed by atoms with Crippen LogP contribution >= 0.6 is 23.1 Å². The highest BCUT2D eigenvalue weighted by molar-refractivity contribution is 7.99. The van der Waals surface area contributed by atoms with Gasteiger partial charge in [0.15, 0.2) is 16.7 Å². The molecule has 1 aromatic carbocycles. The number of thioether (sulfide) groups is 1. The lowest BCUT2D eigenvalue weighted by Gasteiger charge is -2.13. The minimum absolute atomic E-state index is 0.0241. The van der Waals surface area contributed by atoms with E-state index in [-0.39, 0.29) is 17.9 Å².